The van der Waals surface area contributed by atoms with Crippen LogP contribution in [-0.4, -0.2) is 61.8 Å². The predicted molar refractivity (Wildman–Crippen MR) is 165 cm³/mol. The molecule has 11 heteroatoms. The van der Waals surface area contributed by atoms with Gasteiger partial charge in [0, 0.05) is 29.1 Å². The van der Waals surface area contributed by atoms with Crippen molar-refractivity contribution in [2.45, 2.75) is 72.4 Å². The number of likely N-dealkylation sites (tertiary alicyclic amines) is 1. The lowest BCUT2D eigenvalue weighted by atomic mass is 9.98. The van der Waals surface area contributed by atoms with Gasteiger partial charge in [0.05, 0.1) is 24.9 Å². The van der Waals surface area contributed by atoms with Crippen LogP contribution in [0.4, 0.5) is 4.79 Å². The molecule has 0 N–H and O–H groups in total. The Morgan fingerprint density at radius 3 is 2.65 bits per heavy atom. The summed E-state index contributed by atoms with van der Waals surface area (Å²) >= 11 is 1.73. The molecule has 226 valence electrons. The average Bonchev–Trinajstić information content (AvgIpc) is 3.67. The number of amides is 1. The number of aliphatic imine (C=N–C) groups is 1. The largest absolute Gasteiger partial charge is 0.493 e. The van der Waals surface area contributed by atoms with E-state index in [0.29, 0.717) is 37.9 Å². The lowest BCUT2D eigenvalue weighted by molar-refractivity contribution is 0.0165. The van der Waals surface area contributed by atoms with Gasteiger partial charge in [-0.3, -0.25) is 9.56 Å². The van der Waals surface area contributed by atoms with Crippen LogP contribution in [0.1, 0.15) is 78.8 Å². The van der Waals surface area contributed by atoms with E-state index < -0.39 is 5.60 Å². The first-order chi connectivity index (χ1) is 20.6. The van der Waals surface area contributed by atoms with Crippen molar-refractivity contribution in [2.24, 2.45) is 10.9 Å². The van der Waals surface area contributed by atoms with Crippen molar-refractivity contribution in [3.8, 4) is 10.8 Å². The second-order valence-corrected chi connectivity index (χ2v) is 13.5. The molecule has 5 heterocycles. The maximum atomic E-state index is 12.5. The molecule has 0 aliphatic carbocycles. The molecule has 1 amide bonds. The molecule has 1 fully saturated rings. The van der Waals surface area contributed by atoms with E-state index in [2.05, 4.69) is 45.7 Å². The normalized spacial score (nSPS) is 17.2. The Morgan fingerprint density at radius 2 is 1.93 bits per heavy atom. The van der Waals surface area contributed by atoms with Gasteiger partial charge < -0.3 is 18.8 Å². The molecule has 43 heavy (non-hydrogen) atoms. The van der Waals surface area contributed by atoms with Gasteiger partial charge in [-0.1, -0.05) is 12.1 Å². The Morgan fingerprint density at radius 1 is 1.14 bits per heavy atom. The first kappa shape index (κ1) is 29.1. The van der Waals surface area contributed by atoms with Crippen molar-refractivity contribution in [1.82, 2.24) is 24.6 Å². The second kappa shape index (κ2) is 11.6. The zero-order chi connectivity index (χ0) is 30.3. The van der Waals surface area contributed by atoms with Crippen molar-refractivity contribution in [2.75, 3.05) is 19.7 Å². The molecular formula is C32H38N6O4S. The summed E-state index contributed by atoms with van der Waals surface area (Å²) in [5.74, 6) is 3.36. The number of carbonyl (C=O) groups is 1. The lowest BCUT2D eigenvalue weighted by Crippen LogP contribution is -2.42. The van der Waals surface area contributed by atoms with Gasteiger partial charge in [0.25, 0.3) is 0 Å². The molecule has 1 saturated heterocycles. The molecule has 0 saturated carbocycles. The van der Waals surface area contributed by atoms with E-state index in [1.807, 2.05) is 39.8 Å². The van der Waals surface area contributed by atoms with Gasteiger partial charge in [-0.05, 0) is 78.0 Å². The smallest absolute Gasteiger partial charge is 0.410 e. The molecule has 2 aliphatic rings. The van der Waals surface area contributed by atoms with E-state index >= 15 is 0 Å². The molecule has 0 spiro atoms. The third-order valence-corrected chi connectivity index (χ3v) is 9.14. The Bertz CT molecular complexity index is 1640. The number of hydrogen-bond acceptors (Lipinski definition) is 9. The number of aryl methyl sites for hydroxylation is 2. The number of aromatic nitrogens is 4. The third kappa shape index (κ3) is 6.08. The minimum atomic E-state index is -0.490. The SMILES string of the molecule is Cc1sc2c(c1C)C(c1cccc(OCC3CCN(C(=O)OC(C)(C)C)CC3)c1)=NC(Cc1ncco1)c1nnc(C)n1-2. The molecule has 1 atom stereocenters. The lowest BCUT2D eigenvalue weighted by Gasteiger charge is -2.33. The zero-order valence-electron chi connectivity index (χ0n) is 25.6. The quantitative estimate of drug-likeness (QED) is 0.251. The van der Waals surface area contributed by atoms with Crippen LogP contribution in [0.25, 0.3) is 5.00 Å². The van der Waals surface area contributed by atoms with Crippen molar-refractivity contribution in [3.63, 3.8) is 0 Å². The molecule has 0 bridgehead atoms. The average molecular weight is 603 g/mol. The van der Waals surface area contributed by atoms with E-state index in [1.165, 1.54) is 10.4 Å². The maximum absolute atomic E-state index is 12.5. The minimum absolute atomic E-state index is 0.240. The Labute approximate surface area is 255 Å². The molecular weight excluding hydrogens is 564 g/mol. The molecule has 3 aromatic heterocycles. The van der Waals surface area contributed by atoms with Gasteiger partial charge in [0.2, 0.25) is 0 Å². The molecule has 1 aromatic carbocycles. The summed E-state index contributed by atoms with van der Waals surface area (Å²) < 4.78 is 19.6. The van der Waals surface area contributed by atoms with Crippen LogP contribution in [-0.2, 0) is 11.2 Å². The van der Waals surface area contributed by atoms with Gasteiger partial charge in [0.15, 0.2) is 11.7 Å². The summed E-state index contributed by atoms with van der Waals surface area (Å²) in [6.45, 7) is 13.9. The van der Waals surface area contributed by atoms with Crippen molar-refractivity contribution >= 4 is 23.1 Å². The summed E-state index contributed by atoms with van der Waals surface area (Å²) in [4.78, 5) is 25.2. The summed E-state index contributed by atoms with van der Waals surface area (Å²) in [6.07, 6.45) is 5.22. The van der Waals surface area contributed by atoms with E-state index in [1.54, 1.807) is 28.7 Å². The van der Waals surface area contributed by atoms with Crippen molar-refractivity contribution in [3.05, 3.63) is 75.8 Å². The van der Waals surface area contributed by atoms with Crippen LogP contribution in [0.2, 0.25) is 0 Å². The van der Waals surface area contributed by atoms with E-state index in [4.69, 9.17) is 18.9 Å². The molecule has 0 radical (unpaired) electrons. The first-order valence-electron chi connectivity index (χ1n) is 14.8. The number of benzene rings is 1. The number of fused-ring (bicyclic) bond motifs is 3. The summed E-state index contributed by atoms with van der Waals surface area (Å²) in [5, 5.41) is 10.1. The van der Waals surface area contributed by atoms with Crippen molar-refractivity contribution < 1.29 is 18.7 Å². The van der Waals surface area contributed by atoms with Gasteiger partial charge >= 0.3 is 6.09 Å². The topological polar surface area (TPSA) is 108 Å². The summed E-state index contributed by atoms with van der Waals surface area (Å²) in [5.41, 5.74) is 3.67. The molecule has 10 nitrogen and oxygen atoms in total. The maximum Gasteiger partial charge on any atom is 0.410 e. The third-order valence-electron chi connectivity index (χ3n) is 7.95. The number of ether oxygens (including phenoxy) is 2. The van der Waals surface area contributed by atoms with Crippen LogP contribution in [0.3, 0.4) is 0 Å². The highest BCUT2D eigenvalue weighted by molar-refractivity contribution is 7.15. The summed E-state index contributed by atoms with van der Waals surface area (Å²) in [7, 11) is 0. The molecule has 6 rings (SSSR count). The van der Waals surface area contributed by atoms with Gasteiger partial charge in [-0.25, -0.2) is 9.78 Å². The number of thiophene rings is 1. The fourth-order valence-corrected chi connectivity index (χ4v) is 6.81. The van der Waals surface area contributed by atoms with Gasteiger partial charge in [-0.15, -0.1) is 21.5 Å². The minimum Gasteiger partial charge on any atom is -0.493 e. The van der Waals surface area contributed by atoms with Crippen LogP contribution < -0.4 is 4.74 Å². The Hall–Kier alpha value is -3.99. The van der Waals surface area contributed by atoms with E-state index in [9.17, 15) is 4.79 Å². The van der Waals surface area contributed by atoms with Crippen LogP contribution in [0.5, 0.6) is 5.75 Å². The fraction of sp³-hybridized carbons (Fsp3) is 0.469. The van der Waals surface area contributed by atoms with E-state index in [0.717, 1.165) is 52.1 Å². The number of hydrogen-bond donors (Lipinski definition) is 0. The molecule has 2 aliphatic heterocycles. The first-order valence-corrected chi connectivity index (χ1v) is 15.6. The van der Waals surface area contributed by atoms with Crippen LogP contribution >= 0.6 is 11.3 Å². The predicted octanol–water partition coefficient (Wildman–Crippen LogP) is 6.40. The standard InChI is InChI=1S/C32H38N6O4S/c1-19-20(2)43-30-27(19)28(34-25(17-26-33-12-15-40-26)29-36-35-21(3)38(29)30)23-8-7-9-24(16-23)41-18-22-10-13-37(14-11-22)31(39)42-32(4,5)6/h7-9,12,15-16,22,25H,10-11,13-14,17-18H2,1-6H3. The van der Waals surface area contributed by atoms with Crippen LogP contribution in [0, 0.1) is 26.7 Å². The number of piperidine rings is 1. The number of oxazole rings is 1. The van der Waals surface area contributed by atoms with Crippen molar-refractivity contribution in [1.29, 1.82) is 0 Å². The number of rotatable bonds is 6. The zero-order valence-corrected chi connectivity index (χ0v) is 26.4. The van der Waals surface area contributed by atoms with Gasteiger partial charge in [-0.2, -0.15) is 0 Å². The Kier molecular flexibility index (Phi) is 7.85. The van der Waals surface area contributed by atoms with E-state index in [-0.39, 0.29) is 12.1 Å². The second-order valence-electron chi connectivity index (χ2n) is 12.3. The summed E-state index contributed by atoms with van der Waals surface area (Å²) in [6, 6.07) is 7.85. The fourth-order valence-electron chi connectivity index (χ4n) is 5.60. The number of carbonyl (C=O) groups excluding carboxylic acids is 1. The molecule has 1 unspecified atom stereocenters. The molecule has 4 aromatic rings. The number of nitrogens with zero attached hydrogens (tertiary/aromatic N) is 6. The highest BCUT2D eigenvalue weighted by Crippen LogP contribution is 2.39. The van der Waals surface area contributed by atoms with Crippen LogP contribution in [0.15, 0.2) is 46.1 Å². The van der Waals surface area contributed by atoms with Gasteiger partial charge in [0.1, 0.15) is 34.5 Å². The highest BCUT2D eigenvalue weighted by Gasteiger charge is 2.32. The Balaban J connectivity index is 1.24. The monoisotopic (exact) mass is 602 g/mol. The highest BCUT2D eigenvalue weighted by atomic mass is 32.1.